The van der Waals surface area contributed by atoms with Gasteiger partial charge in [0.2, 0.25) is 23.6 Å². The number of phenols is 1. The molecule has 9 heteroatoms. The van der Waals surface area contributed by atoms with Gasteiger partial charge in [-0.3, -0.25) is 24.1 Å². The summed E-state index contributed by atoms with van der Waals surface area (Å²) < 4.78 is 5.49. The fourth-order valence-electron chi connectivity index (χ4n) is 8.40. The summed E-state index contributed by atoms with van der Waals surface area (Å²) in [5, 5.41) is 12.0. The lowest BCUT2D eigenvalue weighted by atomic mass is 9.49. The number of carbonyl (C=O) groups excluding carboxylic acids is 4. The highest BCUT2D eigenvalue weighted by atomic mass is 35.5. The Morgan fingerprint density at radius 2 is 1.68 bits per heavy atom. The van der Waals surface area contributed by atoms with Gasteiger partial charge in [0, 0.05) is 23.0 Å². The van der Waals surface area contributed by atoms with Crippen LogP contribution in [0.3, 0.4) is 0 Å². The van der Waals surface area contributed by atoms with Gasteiger partial charge in [-0.2, -0.15) is 0 Å². The number of hydrogen-bond donors (Lipinski definition) is 1. The molecule has 4 amide bonds. The molecule has 2 heterocycles. The minimum absolute atomic E-state index is 0.136. The van der Waals surface area contributed by atoms with Crippen LogP contribution in [-0.2, 0) is 24.6 Å². The highest BCUT2D eigenvalue weighted by molar-refractivity contribution is 6.32. The van der Waals surface area contributed by atoms with Crippen LogP contribution in [0.2, 0.25) is 5.02 Å². The van der Waals surface area contributed by atoms with Gasteiger partial charge in [-0.25, -0.2) is 4.90 Å². The Balaban J connectivity index is 1.53. The molecule has 3 aromatic carbocycles. The van der Waals surface area contributed by atoms with E-state index in [0.717, 1.165) is 5.57 Å². The van der Waals surface area contributed by atoms with E-state index in [4.69, 9.17) is 16.3 Å². The van der Waals surface area contributed by atoms with Crippen molar-refractivity contribution in [3.8, 4) is 11.5 Å². The second kappa shape index (κ2) is 10.3. The standard InChI is InChI=1S/C35H31ClN2O6/c1-3-37-31(40)23-16-15-22-25(28(23)33(37)42)18-26-32(41)38(21-12-7-11-20(36)17-21)34(43)35(26,19-9-5-4-6-10-19)29(22)24-13-8-14-27(44-2)30(24)39/h4-15,17,23,25-26,28-29,39H,3,16,18H2,1-2H3/t23-,25+,26-,28-,29+,35+/m0/s1. The molecular formula is C35H31ClN2O6. The van der Waals surface area contributed by atoms with Gasteiger partial charge in [0.1, 0.15) is 0 Å². The maximum Gasteiger partial charge on any atom is 0.246 e. The highest BCUT2D eigenvalue weighted by Gasteiger charge is 2.70. The third-order valence-electron chi connectivity index (χ3n) is 10.1. The Bertz CT molecular complexity index is 1750. The van der Waals surface area contributed by atoms with E-state index in [9.17, 15) is 19.5 Å². The van der Waals surface area contributed by atoms with Gasteiger partial charge in [0.15, 0.2) is 11.5 Å². The highest BCUT2D eigenvalue weighted by Crippen LogP contribution is 2.65. The van der Waals surface area contributed by atoms with Crippen molar-refractivity contribution in [2.75, 3.05) is 18.6 Å². The van der Waals surface area contributed by atoms with E-state index in [1.165, 1.54) is 16.9 Å². The maximum atomic E-state index is 15.1. The number of likely N-dealkylation sites (tertiary alicyclic amines) is 1. The number of para-hydroxylation sites is 1. The molecule has 3 aromatic rings. The van der Waals surface area contributed by atoms with Crippen LogP contribution in [-0.4, -0.2) is 47.3 Å². The molecule has 3 fully saturated rings. The molecular weight excluding hydrogens is 580 g/mol. The fraction of sp³-hybridized carbons (Fsp3) is 0.314. The van der Waals surface area contributed by atoms with Crippen molar-refractivity contribution in [3.63, 3.8) is 0 Å². The zero-order chi connectivity index (χ0) is 30.9. The first-order chi connectivity index (χ1) is 21.2. The molecule has 44 heavy (non-hydrogen) atoms. The Hall–Kier alpha value is -4.43. The van der Waals surface area contributed by atoms with Crippen molar-refractivity contribution in [1.29, 1.82) is 0 Å². The number of carbonyl (C=O) groups is 4. The molecule has 2 aliphatic heterocycles. The van der Waals surface area contributed by atoms with Gasteiger partial charge < -0.3 is 9.84 Å². The Morgan fingerprint density at radius 1 is 0.932 bits per heavy atom. The number of allylic oxidation sites excluding steroid dienone is 2. The molecule has 4 aliphatic rings. The minimum atomic E-state index is -1.46. The quantitative estimate of drug-likeness (QED) is 0.313. The van der Waals surface area contributed by atoms with E-state index < -0.39 is 46.8 Å². The molecule has 2 saturated heterocycles. The van der Waals surface area contributed by atoms with E-state index in [2.05, 4.69) is 0 Å². The summed E-state index contributed by atoms with van der Waals surface area (Å²) in [4.78, 5) is 59.4. The summed E-state index contributed by atoms with van der Waals surface area (Å²) in [6.07, 6.45) is 2.50. The van der Waals surface area contributed by atoms with Crippen LogP contribution in [0.5, 0.6) is 11.5 Å². The van der Waals surface area contributed by atoms with Crippen LogP contribution in [0.15, 0.2) is 84.4 Å². The van der Waals surface area contributed by atoms with Crippen LogP contribution in [0.4, 0.5) is 5.69 Å². The Morgan fingerprint density at radius 3 is 2.39 bits per heavy atom. The summed E-state index contributed by atoms with van der Waals surface area (Å²) in [6, 6.07) is 21.0. The van der Waals surface area contributed by atoms with E-state index in [-0.39, 0.29) is 36.3 Å². The van der Waals surface area contributed by atoms with Crippen LogP contribution in [0, 0.1) is 23.7 Å². The third-order valence-corrected chi connectivity index (χ3v) is 10.4. The second-order valence-corrected chi connectivity index (χ2v) is 12.3. The predicted molar refractivity (Wildman–Crippen MR) is 163 cm³/mol. The summed E-state index contributed by atoms with van der Waals surface area (Å²) in [7, 11) is 1.45. The third kappa shape index (κ3) is 3.70. The second-order valence-electron chi connectivity index (χ2n) is 11.9. The molecule has 2 aliphatic carbocycles. The lowest BCUT2D eigenvalue weighted by Gasteiger charge is -2.50. The molecule has 1 N–H and O–H groups in total. The summed E-state index contributed by atoms with van der Waals surface area (Å²) in [6.45, 7) is 2.05. The molecule has 0 spiro atoms. The monoisotopic (exact) mass is 610 g/mol. The number of nitrogens with zero attached hydrogens (tertiary/aromatic N) is 2. The topological polar surface area (TPSA) is 104 Å². The van der Waals surface area contributed by atoms with E-state index in [1.807, 2.05) is 36.4 Å². The summed E-state index contributed by atoms with van der Waals surface area (Å²) in [5.74, 6) is -4.60. The summed E-state index contributed by atoms with van der Waals surface area (Å²) in [5.41, 5.74) is 0.722. The van der Waals surface area contributed by atoms with Crippen molar-refractivity contribution in [1.82, 2.24) is 4.90 Å². The van der Waals surface area contributed by atoms with Gasteiger partial charge in [0.05, 0.1) is 36.0 Å². The number of rotatable bonds is 5. The Labute approximate surface area is 259 Å². The SMILES string of the molecule is CCN1C(=O)[C@H]2[C@H](CC=C3[C@H]2C[C@H]2C(=O)N(c4cccc(Cl)c4)C(=O)[C@@]2(c2ccccc2)[C@H]3c2cccc(OC)c2O)C1=O. The lowest BCUT2D eigenvalue weighted by molar-refractivity contribution is -0.140. The van der Waals surface area contributed by atoms with Crippen LogP contribution in [0.25, 0.3) is 0 Å². The largest absolute Gasteiger partial charge is 0.504 e. The molecule has 0 bridgehead atoms. The number of aromatic hydroxyl groups is 1. The molecule has 6 atom stereocenters. The fourth-order valence-corrected chi connectivity index (χ4v) is 8.59. The average molecular weight is 611 g/mol. The molecule has 0 unspecified atom stereocenters. The van der Waals surface area contributed by atoms with Crippen molar-refractivity contribution >= 4 is 40.9 Å². The van der Waals surface area contributed by atoms with Gasteiger partial charge >= 0.3 is 0 Å². The molecule has 8 nitrogen and oxygen atoms in total. The van der Waals surface area contributed by atoms with Gasteiger partial charge in [-0.1, -0.05) is 71.8 Å². The van der Waals surface area contributed by atoms with Crippen LogP contribution >= 0.6 is 11.6 Å². The van der Waals surface area contributed by atoms with Gasteiger partial charge in [0.25, 0.3) is 0 Å². The number of amides is 4. The number of benzene rings is 3. The van der Waals surface area contributed by atoms with Gasteiger partial charge in [-0.15, -0.1) is 0 Å². The van der Waals surface area contributed by atoms with Crippen molar-refractivity contribution in [2.45, 2.75) is 31.1 Å². The number of halogens is 1. The first-order valence-corrected chi connectivity index (χ1v) is 15.2. The minimum Gasteiger partial charge on any atom is -0.504 e. The zero-order valence-electron chi connectivity index (χ0n) is 24.3. The van der Waals surface area contributed by atoms with Crippen LogP contribution < -0.4 is 9.64 Å². The zero-order valence-corrected chi connectivity index (χ0v) is 25.0. The van der Waals surface area contributed by atoms with E-state index >= 15 is 4.79 Å². The van der Waals surface area contributed by atoms with E-state index in [1.54, 1.807) is 49.4 Å². The Kier molecular flexibility index (Phi) is 6.66. The number of hydrogen-bond acceptors (Lipinski definition) is 6. The van der Waals surface area contributed by atoms with Gasteiger partial charge in [-0.05, 0) is 55.5 Å². The van der Waals surface area contributed by atoms with Crippen molar-refractivity contribution in [2.24, 2.45) is 23.7 Å². The van der Waals surface area contributed by atoms with E-state index in [0.29, 0.717) is 28.3 Å². The molecule has 224 valence electrons. The number of phenolic OH excluding ortho intramolecular Hbond substituents is 1. The predicted octanol–water partition coefficient (Wildman–Crippen LogP) is 5.24. The maximum absolute atomic E-state index is 15.1. The molecule has 7 rings (SSSR count). The number of imide groups is 2. The average Bonchev–Trinajstić information content (AvgIpc) is 3.42. The number of ether oxygens (including phenoxy) is 1. The first kappa shape index (κ1) is 28.3. The first-order valence-electron chi connectivity index (χ1n) is 14.9. The summed E-state index contributed by atoms with van der Waals surface area (Å²) >= 11 is 6.34. The molecule has 0 radical (unpaired) electrons. The van der Waals surface area contributed by atoms with Crippen molar-refractivity contribution in [3.05, 3.63) is 101 Å². The van der Waals surface area contributed by atoms with Crippen LogP contribution in [0.1, 0.15) is 36.8 Å². The molecule has 1 saturated carbocycles. The normalized spacial score (nSPS) is 29.3. The molecule has 0 aromatic heterocycles. The lowest BCUT2D eigenvalue weighted by Crippen LogP contribution is -2.53. The smallest absolute Gasteiger partial charge is 0.246 e. The van der Waals surface area contributed by atoms with Crippen molar-refractivity contribution < 1.29 is 29.0 Å². The number of fused-ring (bicyclic) bond motifs is 4. The number of methoxy groups -OCH3 is 1. The number of anilines is 1.